The molecule has 2 N–H and O–H groups in total. The van der Waals surface area contributed by atoms with Gasteiger partial charge >= 0.3 is 0 Å². The van der Waals surface area contributed by atoms with E-state index in [0.29, 0.717) is 50.5 Å². The number of aromatic nitrogens is 1. The first kappa shape index (κ1) is 30.0. The molecule has 0 aliphatic heterocycles. The SMILES string of the molecule is CS(=O)(=O)NC(=O)c1cccc([C@H]2C[C@](O)(c3ccc(OCc4c(-c5c(Cl)cccc5Cl)noc4C4CC4)cc3Cl)C2)c1. The molecule has 2 fully saturated rings. The van der Waals surface area contributed by atoms with Gasteiger partial charge in [0.1, 0.15) is 23.8 Å². The molecule has 12 heteroatoms. The Morgan fingerprint density at radius 1 is 1.02 bits per heavy atom. The Bertz CT molecular complexity index is 1810. The van der Waals surface area contributed by atoms with E-state index in [2.05, 4.69) is 5.16 Å². The molecule has 0 saturated heterocycles. The number of ether oxygens (including phenoxy) is 1. The molecule has 43 heavy (non-hydrogen) atoms. The molecule has 4 aromatic rings. The van der Waals surface area contributed by atoms with Gasteiger partial charge in [-0.1, -0.05) is 64.2 Å². The lowest BCUT2D eigenvalue weighted by molar-refractivity contribution is -0.0549. The van der Waals surface area contributed by atoms with Crippen LogP contribution >= 0.6 is 34.8 Å². The molecular weight excluding hydrogens is 635 g/mol. The topological polar surface area (TPSA) is 119 Å². The van der Waals surface area contributed by atoms with Crippen molar-refractivity contribution in [1.82, 2.24) is 9.88 Å². The summed E-state index contributed by atoms with van der Waals surface area (Å²) >= 11 is 19.6. The van der Waals surface area contributed by atoms with Crippen LogP contribution in [0.4, 0.5) is 0 Å². The molecular formula is C31H27Cl3N2O6S. The van der Waals surface area contributed by atoms with E-state index < -0.39 is 21.5 Å². The van der Waals surface area contributed by atoms with E-state index in [-0.39, 0.29) is 24.0 Å². The first-order valence-corrected chi connectivity index (χ1v) is 16.6. The molecule has 6 rings (SSSR count). The van der Waals surface area contributed by atoms with Gasteiger partial charge in [0.25, 0.3) is 5.91 Å². The van der Waals surface area contributed by atoms with Crippen molar-refractivity contribution in [3.63, 3.8) is 0 Å². The molecule has 0 spiro atoms. The van der Waals surface area contributed by atoms with Gasteiger partial charge in [0.15, 0.2) is 0 Å². The van der Waals surface area contributed by atoms with Gasteiger partial charge in [-0.05, 0) is 73.6 Å². The molecule has 2 aliphatic carbocycles. The zero-order valence-electron chi connectivity index (χ0n) is 22.9. The summed E-state index contributed by atoms with van der Waals surface area (Å²) in [7, 11) is -3.68. The van der Waals surface area contributed by atoms with E-state index in [0.717, 1.165) is 36.0 Å². The number of aliphatic hydroxyl groups is 1. The second-order valence-electron chi connectivity index (χ2n) is 11.1. The quantitative estimate of drug-likeness (QED) is 0.195. The van der Waals surface area contributed by atoms with E-state index in [1.807, 2.05) is 10.8 Å². The van der Waals surface area contributed by atoms with Crippen molar-refractivity contribution in [2.75, 3.05) is 6.26 Å². The minimum Gasteiger partial charge on any atom is -0.489 e. The lowest BCUT2D eigenvalue weighted by Crippen LogP contribution is -2.40. The minimum absolute atomic E-state index is 0.0348. The van der Waals surface area contributed by atoms with Crippen molar-refractivity contribution in [3.05, 3.63) is 104 Å². The summed E-state index contributed by atoms with van der Waals surface area (Å²) in [6, 6.07) is 17.2. The predicted molar refractivity (Wildman–Crippen MR) is 164 cm³/mol. The van der Waals surface area contributed by atoms with Crippen molar-refractivity contribution in [1.29, 1.82) is 0 Å². The summed E-state index contributed by atoms with van der Waals surface area (Å²) in [4.78, 5) is 12.3. The van der Waals surface area contributed by atoms with E-state index in [4.69, 9.17) is 44.1 Å². The number of hydrogen-bond donors (Lipinski definition) is 2. The largest absolute Gasteiger partial charge is 0.489 e. The maximum atomic E-state index is 12.3. The van der Waals surface area contributed by atoms with Crippen molar-refractivity contribution in [2.45, 2.75) is 49.7 Å². The minimum atomic E-state index is -3.68. The number of rotatable bonds is 9. The lowest BCUT2D eigenvalue weighted by atomic mass is 9.65. The average molecular weight is 662 g/mol. The summed E-state index contributed by atoms with van der Waals surface area (Å²) in [6.45, 7) is 0.164. The predicted octanol–water partition coefficient (Wildman–Crippen LogP) is 7.21. The highest BCUT2D eigenvalue weighted by Gasteiger charge is 2.46. The number of nitrogens with zero attached hydrogens (tertiary/aromatic N) is 1. The Hall–Kier alpha value is -3.08. The van der Waals surface area contributed by atoms with Gasteiger partial charge in [-0.25, -0.2) is 13.1 Å². The van der Waals surface area contributed by atoms with Crippen LogP contribution < -0.4 is 9.46 Å². The molecule has 0 unspecified atom stereocenters. The van der Waals surface area contributed by atoms with Gasteiger partial charge in [0.2, 0.25) is 10.0 Å². The molecule has 2 saturated carbocycles. The fraction of sp³-hybridized carbons (Fsp3) is 0.290. The molecule has 0 atom stereocenters. The molecule has 0 bridgehead atoms. The summed E-state index contributed by atoms with van der Waals surface area (Å²) < 4.78 is 36.7. The maximum Gasteiger partial charge on any atom is 0.264 e. The summed E-state index contributed by atoms with van der Waals surface area (Å²) in [5.74, 6) is 0.823. The lowest BCUT2D eigenvalue weighted by Gasteiger charge is -2.45. The van der Waals surface area contributed by atoms with Crippen LogP contribution in [0, 0.1) is 0 Å². The Labute approximate surface area is 263 Å². The number of halogens is 3. The number of carbonyl (C=O) groups excluding carboxylic acids is 1. The Morgan fingerprint density at radius 2 is 1.72 bits per heavy atom. The molecule has 1 heterocycles. The molecule has 3 aromatic carbocycles. The first-order chi connectivity index (χ1) is 20.4. The zero-order chi connectivity index (χ0) is 30.5. The smallest absolute Gasteiger partial charge is 0.264 e. The number of nitrogens with one attached hydrogen (secondary N) is 1. The Kier molecular flexibility index (Phi) is 7.98. The summed E-state index contributed by atoms with van der Waals surface area (Å²) in [5.41, 5.74) is 2.41. The van der Waals surface area contributed by atoms with Crippen LogP contribution in [0.1, 0.15) is 70.3 Å². The second-order valence-corrected chi connectivity index (χ2v) is 14.1. The van der Waals surface area contributed by atoms with Gasteiger partial charge in [-0.3, -0.25) is 4.79 Å². The molecule has 2 aliphatic rings. The Morgan fingerprint density at radius 3 is 2.37 bits per heavy atom. The van der Waals surface area contributed by atoms with Crippen LogP contribution in [0.5, 0.6) is 5.75 Å². The molecule has 0 radical (unpaired) electrons. The average Bonchev–Trinajstić information content (AvgIpc) is 3.69. The fourth-order valence-corrected chi connectivity index (χ4v) is 6.92. The molecule has 8 nitrogen and oxygen atoms in total. The van der Waals surface area contributed by atoms with Crippen molar-refractivity contribution in [3.8, 4) is 17.0 Å². The molecule has 1 aromatic heterocycles. The van der Waals surface area contributed by atoms with Crippen molar-refractivity contribution >= 4 is 50.7 Å². The van der Waals surface area contributed by atoms with E-state index >= 15 is 0 Å². The summed E-state index contributed by atoms with van der Waals surface area (Å²) in [5, 5.41) is 17.0. The van der Waals surface area contributed by atoms with Crippen LogP contribution in [0.2, 0.25) is 15.1 Å². The van der Waals surface area contributed by atoms with Gasteiger partial charge in [-0.15, -0.1) is 0 Å². The highest BCUT2D eigenvalue weighted by molar-refractivity contribution is 7.89. The first-order valence-electron chi connectivity index (χ1n) is 13.6. The van der Waals surface area contributed by atoms with Crippen LogP contribution in [0.25, 0.3) is 11.3 Å². The normalized spacial score (nSPS) is 20.0. The third-order valence-electron chi connectivity index (χ3n) is 7.86. The number of amides is 1. The monoisotopic (exact) mass is 660 g/mol. The summed E-state index contributed by atoms with van der Waals surface area (Å²) in [6.07, 6.45) is 3.72. The van der Waals surface area contributed by atoms with Gasteiger partial charge in [0, 0.05) is 22.6 Å². The highest BCUT2D eigenvalue weighted by Crippen LogP contribution is 2.53. The number of carbonyl (C=O) groups is 1. The number of hydrogen-bond acceptors (Lipinski definition) is 7. The zero-order valence-corrected chi connectivity index (χ0v) is 26.0. The van der Waals surface area contributed by atoms with E-state index in [1.165, 1.54) is 0 Å². The van der Waals surface area contributed by atoms with Crippen LogP contribution in [-0.2, 0) is 22.2 Å². The number of benzene rings is 3. The third-order valence-corrected chi connectivity index (χ3v) is 9.36. The van der Waals surface area contributed by atoms with Gasteiger partial charge in [-0.2, -0.15) is 0 Å². The van der Waals surface area contributed by atoms with Gasteiger partial charge < -0.3 is 14.4 Å². The van der Waals surface area contributed by atoms with Crippen LogP contribution in [0.3, 0.4) is 0 Å². The number of sulfonamides is 1. The third kappa shape index (κ3) is 6.28. The Balaban J connectivity index is 1.16. The molecule has 224 valence electrons. The maximum absolute atomic E-state index is 12.3. The molecule has 1 amide bonds. The standard InChI is InChI=1S/C31H27Cl3N2O6S/c1-43(39,40)36-30(37)19-5-2-4-18(12-19)20-14-31(38,15-20)23-11-10-21(13-26(23)34)41-16-22-28(35-42-29(22)17-8-9-17)27-24(32)6-3-7-25(27)33/h2-7,10-13,17,20,38H,8-9,14-16H2,1H3,(H,36,37)/t20-,31+. The van der Waals surface area contributed by atoms with Crippen LogP contribution in [-0.4, -0.2) is 30.8 Å². The van der Waals surface area contributed by atoms with E-state index in [1.54, 1.807) is 54.6 Å². The highest BCUT2D eigenvalue weighted by atomic mass is 35.5. The van der Waals surface area contributed by atoms with Crippen molar-refractivity contribution < 1.29 is 27.6 Å². The fourth-order valence-electron chi connectivity index (χ4n) is 5.54. The van der Waals surface area contributed by atoms with Crippen LogP contribution in [0.15, 0.2) is 65.2 Å². The van der Waals surface area contributed by atoms with Crippen molar-refractivity contribution in [2.24, 2.45) is 0 Å². The second kappa shape index (κ2) is 11.4. The van der Waals surface area contributed by atoms with E-state index in [9.17, 15) is 18.3 Å². The van der Waals surface area contributed by atoms with Gasteiger partial charge in [0.05, 0.1) is 32.5 Å².